The lowest BCUT2D eigenvalue weighted by Crippen LogP contribution is -2.45. The molecule has 2 aromatic heterocycles. The molecule has 0 bridgehead atoms. The molecule has 2 N–H and O–H groups in total. The summed E-state index contributed by atoms with van der Waals surface area (Å²) in [6, 6.07) is 4.98. The summed E-state index contributed by atoms with van der Waals surface area (Å²) in [6.45, 7) is 2.48. The van der Waals surface area contributed by atoms with Gasteiger partial charge in [0, 0.05) is 67.5 Å². The Morgan fingerprint density at radius 2 is 1.97 bits per heavy atom. The Morgan fingerprint density at radius 3 is 2.67 bits per heavy atom. The van der Waals surface area contributed by atoms with Gasteiger partial charge in [-0.25, -0.2) is 18.7 Å². The molecule has 158 valence electrons. The maximum absolute atomic E-state index is 13.6. The monoisotopic (exact) mass is 433 g/mol. The molecule has 3 aromatic rings. The van der Waals surface area contributed by atoms with Gasteiger partial charge in [-0.3, -0.25) is 9.69 Å². The van der Waals surface area contributed by atoms with Crippen molar-refractivity contribution in [3.8, 4) is 0 Å². The molecule has 6 nitrogen and oxygen atoms in total. The molecule has 1 fully saturated rings. The van der Waals surface area contributed by atoms with Gasteiger partial charge in [-0.15, -0.1) is 0 Å². The van der Waals surface area contributed by atoms with Gasteiger partial charge in [0.25, 0.3) is 11.8 Å². The Balaban J connectivity index is 1.53. The average Bonchev–Trinajstić information content (AvgIpc) is 3.20. The Morgan fingerprint density at radius 1 is 1.27 bits per heavy atom. The third-order valence-electron chi connectivity index (χ3n) is 5.53. The molecule has 1 saturated heterocycles. The van der Waals surface area contributed by atoms with Gasteiger partial charge in [0.2, 0.25) is 0 Å². The van der Waals surface area contributed by atoms with Crippen LogP contribution in [0.2, 0.25) is 5.02 Å². The van der Waals surface area contributed by atoms with Crippen LogP contribution in [0.3, 0.4) is 0 Å². The zero-order chi connectivity index (χ0) is 21.3. The zero-order valence-corrected chi connectivity index (χ0v) is 17.2. The van der Waals surface area contributed by atoms with Crippen LogP contribution in [0.15, 0.2) is 36.8 Å². The third kappa shape index (κ3) is 4.29. The summed E-state index contributed by atoms with van der Waals surface area (Å²) in [6.07, 6.45) is 4.72. The molecule has 30 heavy (non-hydrogen) atoms. The van der Waals surface area contributed by atoms with Crippen molar-refractivity contribution in [1.82, 2.24) is 25.2 Å². The lowest BCUT2D eigenvalue weighted by atomic mass is 10.0. The normalized spacial score (nSPS) is 17.7. The minimum Gasteiger partial charge on any atom is -0.361 e. The molecular weight excluding hydrogens is 412 g/mol. The van der Waals surface area contributed by atoms with E-state index < -0.39 is 5.92 Å². The molecule has 9 heteroatoms. The number of H-pyrrole nitrogens is 1. The zero-order valence-electron chi connectivity index (χ0n) is 16.5. The van der Waals surface area contributed by atoms with Crippen molar-refractivity contribution in [1.29, 1.82) is 0 Å². The number of rotatable bonds is 5. The first-order valence-corrected chi connectivity index (χ1v) is 10.2. The molecular formula is C21H22ClF2N5O. The van der Waals surface area contributed by atoms with E-state index in [1.807, 2.05) is 11.0 Å². The Labute approximate surface area is 177 Å². The number of likely N-dealkylation sites (tertiary alicyclic amines) is 1. The number of fused-ring (bicyclic) bond motifs is 1. The Hall–Kier alpha value is -2.58. The van der Waals surface area contributed by atoms with Gasteiger partial charge in [0.15, 0.2) is 0 Å². The standard InChI is InChI=1S/C21H22ClF2N5O/c1-13-26-10-14(11-27-13)18(29-8-5-21(23,24)6-9-29)12-28-20(30)16-2-3-17-15(19(16)22)4-7-25-17/h2-4,7,10-11,18,25H,5-6,8-9,12H2,1H3,(H,28,30). The maximum atomic E-state index is 13.6. The van der Waals surface area contributed by atoms with E-state index >= 15 is 0 Å². The van der Waals surface area contributed by atoms with E-state index in [0.29, 0.717) is 16.4 Å². The van der Waals surface area contributed by atoms with Crippen molar-refractivity contribution >= 4 is 28.4 Å². The predicted molar refractivity (Wildman–Crippen MR) is 111 cm³/mol. The molecule has 0 saturated carbocycles. The van der Waals surface area contributed by atoms with E-state index in [0.717, 1.165) is 16.5 Å². The van der Waals surface area contributed by atoms with Crippen LogP contribution in [-0.2, 0) is 0 Å². The molecule has 1 aliphatic rings. The minimum absolute atomic E-state index is 0.208. The number of nitrogens with one attached hydrogen (secondary N) is 2. The lowest BCUT2D eigenvalue weighted by molar-refractivity contribution is -0.0632. The number of aromatic nitrogens is 3. The van der Waals surface area contributed by atoms with Crippen molar-refractivity contribution in [3.63, 3.8) is 0 Å². The van der Waals surface area contributed by atoms with E-state index in [9.17, 15) is 13.6 Å². The van der Waals surface area contributed by atoms with Gasteiger partial charge >= 0.3 is 0 Å². The van der Waals surface area contributed by atoms with E-state index in [-0.39, 0.29) is 44.4 Å². The van der Waals surface area contributed by atoms with Gasteiger partial charge in [0.05, 0.1) is 16.6 Å². The SMILES string of the molecule is Cc1ncc(C(CNC(=O)c2ccc3[nH]ccc3c2Cl)N2CCC(F)(F)CC2)cn1. The van der Waals surface area contributed by atoms with Crippen molar-refractivity contribution in [2.75, 3.05) is 19.6 Å². The molecule has 1 aliphatic heterocycles. The molecule has 1 unspecified atom stereocenters. The van der Waals surface area contributed by atoms with Crippen LogP contribution < -0.4 is 5.32 Å². The molecule has 4 rings (SSSR count). The fourth-order valence-electron chi connectivity index (χ4n) is 3.75. The number of hydrogen-bond donors (Lipinski definition) is 2. The average molecular weight is 434 g/mol. The van der Waals surface area contributed by atoms with Gasteiger partial charge in [-0.05, 0) is 25.1 Å². The second kappa shape index (κ2) is 8.28. The van der Waals surface area contributed by atoms with Crippen molar-refractivity contribution in [2.45, 2.75) is 31.7 Å². The van der Waals surface area contributed by atoms with E-state index in [4.69, 9.17) is 11.6 Å². The number of benzene rings is 1. The summed E-state index contributed by atoms with van der Waals surface area (Å²) in [7, 11) is 0. The number of alkyl halides is 2. The largest absolute Gasteiger partial charge is 0.361 e. The highest BCUT2D eigenvalue weighted by Gasteiger charge is 2.36. The Bertz CT molecular complexity index is 1040. The summed E-state index contributed by atoms with van der Waals surface area (Å²) in [5, 5.41) is 4.05. The number of hydrogen-bond acceptors (Lipinski definition) is 4. The Kier molecular flexibility index (Phi) is 5.71. The van der Waals surface area contributed by atoms with Crippen LogP contribution in [0.4, 0.5) is 8.78 Å². The van der Waals surface area contributed by atoms with Crippen LogP contribution in [0, 0.1) is 6.92 Å². The first-order chi connectivity index (χ1) is 14.3. The summed E-state index contributed by atoms with van der Waals surface area (Å²) >= 11 is 6.41. The summed E-state index contributed by atoms with van der Waals surface area (Å²) in [4.78, 5) is 26.3. The topological polar surface area (TPSA) is 73.9 Å². The van der Waals surface area contributed by atoms with Crippen LogP contribution in [-0.4, -0.2) is 51.3 Å². The highest BCUT2D eigenvalue weighted by molar-refractivity contribution is 6.38. The quantitative estimate of drug-likeness (QED) is 0.634. The first kappa shape index (κ1) is 20.7. The van der Waals surface area contributed by atoms with Crippen LogP contribution >= 0.6 is 11.6 Å². The second-order valence-electron chi connectivity index (χ2n) is 7.55. The van der Waals surface area contributed by atoms with Crippen molar-refractivity contribution in [2.24, 2.45) is 0 Å². The number of carbonyl (C=O) groups excluding carboxylic acids is 1. The summed E-state index contributed by atoms with van der Waals surface area (Å²) in [5.41, 5.74) is 1.99. The van der Waals surface area contributed by atoms with Gasteiger partial charge < -0.3 is 10.3 Å². The van der Waals surface area contributed by atoms with Gasteiger partial charge in [-0.2, -0.15) is 0 Å². The predicted octanol–water partition coefficient (Wildman–Crippen LogP) is 4.12. The fourth-order valence-corrected chi connectivity index (χ4v) is 4.07. The van der Waals surface area contributed by atoms with Crippen molar-refractivity contribution < 1.29 is 13.6 Å². The highest BCUT2D eigenvalue weighted by Crippen LogP contribution is 2.32. The van der Waals surface area contributed by atoms with Crippen LogP contribution in [0.5, 0.6) is 0 Å². The maximum Gasteiger partial charge on any atom is 0.252 e. The minimum atomic E-state index is -2.65. The first-order valence-electron chi connectivity index (χ1n) is 9.78. The molecule has 0 spiro atoms. The number of carbonyl (C=O) groups is 1. The van der Waals surface area contributed by atoms with E-state index in [1.165, 1.54) is 0 Å². The fraction of sp³-hybridized carbons (Fsp3) is 0.381. The number of aromatic amines is 1. The van der Waals surface area contributed by atoms with E-state index in [1.54, 1.807) is 37.6 Å². The smallest absolute Gasteiger partial charge is 0.252 e. The molecule has 0 radical (unpaired) electrons. The van der Waals surface area contributed by atoms with Crippen LogP contribution in [0.1, 0.15) is 40.6 Å². The van der Waals surface area contributed by atoms with Gasteiger partial charge in [0.1, 0.15) is 5.82 Å². The number of amides is 1. The number of nitrogens with zero attached hydrogens (tertiary/aromatic N) is 3. The number of aryl methyl sites for hydroxylation is 1. The molecule has 0 aliphatic carbocycles. The lowest BCUT2D eigenvalue weighted by Gasteiger charge is -2.37. The van der Waals surface area contributed by atoms with Crippen LogP contribution in [0.25, 0.3) is 10.9 Å². The van der Waals surface area contributed by atoms with Crippen molar-refractivity contribution in [3.05, 3.63) is 58.8 Å². The molecule has 1 amide bonds. The molecule has 3 heterocycles. The molecule has 1 aromatic carbocycles. The second-order valence-corrected chi connectivity index (χ2v) is 7.93. The van der Waals surface area contributed by atoms with E-state index in [2.05, 4.69) is 20.3 Å². The summed E-state index contributed by atoms with van der Waals surface area (Å²) in [5.74, 6) is -2.34. The number of halogens is 3. The summed E-state index contributed by atoms with van der Waals surface area (Å²) < 4.78 is 27.3. The molecule has 1 atom stereocenters. The van der Waals surface area contributed by atoms with Gasteiger partial charge in [-0.1, -0.05) is 11.6 Å². The highest BCUT2D eigenvalue weighted by atomic mass is 35.5. The number of piperidine rings is 1. The third-order valence-corrected chi connectivity index (χ3v) is 5.93.